The van der Waals surface area contributed by atoms with Crippen molar-refractivity contribution in [3.8, 4) is 0 Å². The fraction of sp³-hybridized carbons (Fsp3) is 0.600. The van der Waals surface area contributed by atoms with Gasteiger partial charge < -0.3 is 18.9 Å². The van der Waals surface area contributed by atoms with Gasteiger partial charge in [-0.2, -0.15) is 0 Å². The lowest BCUT2D eigenvalue weighted by atomic mass is 10.4. The summed E-state index contributed by atoms with van der Waals surface area (Å²) in [5.74, 6) is -1.15. The average Bonchev–Trinajstić information content (AvgIpc) is 3.15. The molecule has 16 heavy (non-hydrogen) atoms. The molecular formula is C10H12O6. The predicted octanol–water partition coefficient (Wildman–Crippen LogP) is -0.573. The molecule has 88 valence electrons. The Hall–Kier alpha value is -1.40. The van der Waals surface area contributed by atoms with Gasteiger partial charge in [0.2, 0.25) is 0 Å². The highest BCUT2D eigenvalue weighted by Gasteiger charge is 2.24. The van der Waals surface area contributed by atoms with Crippen molar-refractivity contribution in [3.63, 3.8) is 0 Å². The maximum absolute atomic E-state index is 11.0. The zero-order valence-electron chi connectivity index (χ0n) is 8.59. The van der Waals surface area contributed by atoms with E-state index in [0.717, 1.165) is 12.2 Å². The second-order valence-electron chi connectivity index (χ2n) is 3.50. The summed E-state index contributed by atoms with van der Waals surface area (Å²) in [4.78, 5) is 22.1. The molecule has 2 aliphatic heterocycles. The van der Waals surface area contributed by atoms with Gasteiger partial charge in [0.15, 0.2) is 0 Å². The van der Waals surface area contributed by atoms with E-state index in [1.165, 1.54) is 0 Å². The molecule has 2 fully saturated rings. The Bertz CT molecular complexity index is 272. The van der Waals surface area contributed by atoms with Crippen LogP contribution in [0.4, 0.5) is 0 Å². The third-order valence-corrected chi connectivity index (χ3v) is 1.98. The molecule has 6 nitrogen and oxygen atoms in total. The minimum atomic E-state index is -0.574. The van der Waals surface area contributed by atoms with Crippen LogP contribution in [0.25, 0.3) is 0 Å². The van der Waals surface area contributed by atoms with E-state index >= 15 is 0 Å². The molecule has 0 amide bonds. The van der Waals surface area contributed by atoms with Crippen molar-refractivity contribution < 1.29 is 28.5 Å². The van der Waals surface area contributed by atoms with Crippen LogP contribution in [0.2, 0.25) is 0 Å². The van der Waals surface area contributed by atoms with Crippen LogP contribution < -0.4 is 0 Å². The highest BCUT2D eigenvalue weighted by atomic mass is 16.6. The zero-order valence-corrected chi connectivity index (χ0v) is 8.59. The van der Waals surface area contributed by atoms with Gasteiger partial charge in [0.05, 0.1) is 13.2 Å². The minimum absolute atomic E-state index is 0.0244. The van der Waals surface area contributed by atoms with Crippen molar-refractivity contribution in [3.05, 3.63) is 12.2 Å². The highest BCUT2D eigenvalue weighted by Crippen LogP contribution is 2.09. The molecule has 6 heteroatoms. The number of carbonyl (C=O) groups is 2. The third kappa shape index (κ3) is 4.41. The summed E-state index contributed by atoms with van der Waals surface area (Å²) in [6, 6.07) is 0. The number of hydrogen-bond acceptors (Lipinski definition) is 6. The van der Waals surface area contributed by atoms with Crippen LogP contribution in [-0.4, -0.2) is 50.6 Å². The molecule has 2 atom stereocenters. The Kier molecular flexibility index (Phi) is 3.53. The van der Waals surface area contributed by atoms with Crippen LogP contribution in [-0.2, 0) is 28.5 Å². The van der Waals surface area contributed by atoms with E-state index in [2.05, 4.69) is 0 Å². The first-order chi connectivity index (χ1) is 7.74. The first kappa shape index (κ1) is 11.1. The molecule has 2 heterocycles. The first-order valence-electron chi connectivity index (χ1n) is 4.99. The Morgan fingerprint density at radius 3 is 1.69 bits per heavy atom. The molecule has 0 radical (unpaired) electrons. The average molecular weight is 228 g/mol. The molecule has 2 aliphatic rings. The normalized spacial score (nSPS) is 26.5. The monoisotopic (exact) mass is 228 g/mol. The molecule has 0 aromatic carbocycles. The largest absolute Gasteiger partial charge is 0.460 e. The van der Waals surface area contributed by atoms with Crippen molar-refractivity contribution in [2.75, 3.05) is 26.4 Å². The summed E-state index contributed by atoms with van der Waals surface area (Å²) in [5.41, 5.74) is 0. The Morgan fingerprint density at radius 1 is 1.00 bits per heavy atom. The molecule has 2 unspecified atom stereocenters. The van der Waals surface area contributed by atoms with Crippen molar-refractivity contribution in [1.82, 2.24) is 0 Å². The van der Waals surface area contributed by atoms with E-state index in [-0.39, 0.29) is 25.4 Å². The molecule has 0 spiro atoms. The molecule has 0 aliphatic carbocycles. The number of rotatable bonds is 6. The van der Waals surface area contributed by atoms with Crippen molar-refractivity contribution >= 4 is 11.9 Å². The standard InChI is InChI=1S/C10H12O6/c11-9(15-5-7-3-13-7)1-2-10(12)16-6-8-4-14-8/h1-2,7-8H,3-6H2/b2-1-. The summed E-state index contributed by atoms with van der Waals surface area (Å²) in [7, 11) is 0. The number of esters is 2. The second kappa shape index (κ2) is 5.09. The van der Waals surface area contributed by atoms with Gasteiger partial charge in [-0.15, -0.1) is 0 Å². The van der Waals surface area contributed by atoms with Crippen LogP contribution in [0.5, 0.6) is 0 Å². The van der Waals surface area contributed by atoms with Crippen molar-refractivity contribution in [2.24, 2.45) is 0 Å². The summed E-state index contributed by atoms with van der Waals surface area (Å²) in [6.07, 6.45) is 2.13. The number of epoxide rings is 2. The van der Waals surface area contributed by atoms with E-state index in [4.69, 9.17) is 18.9 Å². The molecule has 0 bridgehead atoms. The molecule has 0 aromatic heterocycles. The van der Waals surface area contributed by atoms with Gasteiger partial charge in [-0.1, -0.05) is 0 Å². The Balaban J connectivity index is 1.57. The lowest BCUT2D eigenvalue weighted by Gasteiger charge is -1.98. The van der Waals surface area contributed by atoms with Crippen LogP contribution >= 0.6 is 0 Å². The van der Waals surface area contributed by atoms with Crippen LogP contribution in [0.3, 0.4) is 0 Å². The quantitative estimate of drug-likeness (QED) is 0.344. The maximum Gasteiger partial charge on any atom is 0.331 e. The van der Waals surface area contributed by atoms with E-state index in [9.17, 15) is 9.59 Å². The molecule has 0 aromatic rings. The molecule has 2 rings (SSSR count). The lowest BCUT2D eigenvalue weighted by Crippen LogP contribution is -2.10. The van der Waals surface area contributed by atoms with Gasteiger partial charge in [-0.3, -0.25) is 0 Å². The van der Waals surface area contributed by atoms with Gasteiger partial charge in [-0.25, -0.2) is 9.59 Å². The van der Waals surface area contributed by atoms with Crippen molar-refractivity contribution in [1.29, 1.82) is 0 Å². The molecular weight excluding hydrogens is 216 g/mol. The van der Waals surface area contributed by atoms with Gasteiger partial charge >= 0.3 is 11.9 Å². The minimum Gasteiger partial charge on any atom is -0.460 e. The summed E-state index contributed by atoms with van der Waals surface area (Å²) in [6.45, 7) is 1.71. The molecule has 0 N–H and O–H groups in total. The zero-order chi connectivity index (χ0) is 11.4. The van der Waals surface area contributed by atoms with Crippen LogP contribution in [0.15, 0.2) is 12.2 Å². The Labute approximate surface area is 92.1 Å². The molecule has 2 saturated heterocycles. The topological polar surface area (TPSA) is 77.7 Å². The van der Waals surface area contributed by atoms with Gasteiger partial charge in [-0.05, 0) is 0 Å². The summed E-state index contributed by atoms with van der Waals surface area (Å²) < 4.78 is 19.2. The molecule has 0 saturated carbocycles. The Morgan fingerprint density at radius 2 is 1.38 bits per heavy atom. The summed E-state index contributed by atoms with van der Waals surface area (Å²) in [5, 5.41) is 0. The lowest BCUT2D eigenvalue weighted by molar-refractivity contribution is -0.140. The fourth-order valence-electron chi connectivity index (χ4n) is 0.911. The van der Waals surface area contributed by atoms with E-state index in [1.54, 1.807) is 0 Å². The van der Waals surface area contributed by atoms with E-state index in [0.29, 0.717) is 13.2 Å². The number of ether oxygens (including phenoxy) is 4. The highest BCUT2D eigenvalue weighted by molar-refractivity contribution is 5.91. The number of hydrogen-bond donors (Lipinski definition) is 0. The fourth-order valence-corrected chi connectivity index (χ4v) is 0.911. The van der Waals surface area contributed by atoms with Crippen LogP contribution in [0.1, 0.15) is 0 Å². The third-order valence-electron chi connectivity index (χ3n) is 1.98. The van der Waals surface area contributed by atoms with E-state index in [1.807, 2.05) is 0 Å². The SMILES string of the molecule is O=C(/C=C\C(=O)OCC1CO1)OCC1CO1. The van der Waals surface area contributed by atoms with Gasteiger partial charge in [0.25, 0.3) is 0 Å². The summed E-state index contributed by atoms with van der Waals surface area (Å²) >= 11 is 0. The van der Waals surface area contributed by atoms with Gasteiger partial charge in [0.1, 0.15) is 25.4 Å². The van der Waals surface area contributed by atoms with Crippen LogP contribution in [0, 0.1) is 0 Å². The number of carbonyl (C=O) groups excluding carboxylic acids is 2. The van der Waals surface area contributed by atoms with Gasteiger partial charge in [0, 0.05) is 12.2 Å². The smallest absolute Gasteiger partial charge is 0.331 e. The maximum atomic E-state index is 11.0. The van der Waals surface area contributed by atoms with E-state index < -0.39 is 11.9 Å². The predicted molar refractivity (Wildman–Crippen MR) is 50.5 cm³/mol. The second-order valence-corrected chi connectivity index (χ2v) is 3.50. The first-order valence-corrected chi connectivity index (χ1v) is 4.99. The van der Waals surface area contributed by atoms with Crippen molar-refractivity contribution in [2.45, 2.75) is 12.2 Å².